The Morgan fingerprint density at radius 1 is 1.50 bits per heavy atom. The second-order valence-corrected chi connectivity index (χ2v) is 7.35. The lowest BCUT2D eigenvalue weighted by atomic mass is 9.82. The van der Waals surface area contributed by atoms with E-state index in [4.69, 9.17) is 0 Å². The van der Waals surface area contributed by atoms with Gasteiger partial charge in [-0.05, 0) is 24.7 Å². The molecule has 0 saturated carbocycles. The quantitative estimate of drug-likeness (QED) is 0.886. The van der Waals surface area contributed by atoms with Gasteiger partial charge in [0, 0.05) is 10.8 Å². The highest BCUT2D eigenvalue weighted by Crippen LogP contribution is 2.41. The molecule has 1 aromatic heterocycles. The number of rotatable bonds is 2. The van der Waals surface area contributed by atoms with Crippen molar-refractivity contribution in [2.24, 2.45) is 5.41 Å². The van der Waals surface area contributed by atoms with E-state index in [1.165, 1.54) is 4.88 Å². The van der Waals surface area contributed by atoms with Crippen molar-refractivity contribution in [3.05, 3.63) is 15.6 Å². The minimum Gasteiger partial charge on any atom is -0.481 e. The van der Waals surface area contributed by atoms with Crippen LogP contribution in [0.1, 0.15) is 68.0 Å². The molecule has 1 heterocycles. The minimum atomic E-state index is -0.726. The monoisotopic (exact) mass is 267 g/mol. The smallest absolute Gasteiger partial charge is 0.312 e. The molecule has 0 saturated heterocycles. The van der Waals surface area contributed by atoms with E-state index in [1.807, 2.05) is 0 Å². The van der Waals surface area contributed by atoms with Crippen molar-refractivity contribution in [2.75, 3.05) is 0 Å². The molecule has 100 valence electrons. The Hall–Kier alpha value is -0.900. The summed E-state index contributed by atoms with van der Waals surface area (Å²) in [5.74, 6) is -0.746. The summed E-state index contributed by atoms with van der Waals surface area (Å²) in [6.07, 6.45) is 2.69. The number of thiazole rings is 1. The van der Waals surface area contributed by atoms with Crippen LogP contribution in [-0.4, -0.2) is 16.1 Å². The van der Waals surface area contributed by atoms with Crippen LogP contribution in [0.2, 0.25) is 0 Å². The first-order valence-corrected chi connectivity index (χ1v) is 7.34. The van der Waals surface area contributed by atoms with Crippen molar-refractivity contribution >= 4 is 17.3 Å². The van der Waals surface area contributed by atoms with Gasteiger partial charge in [-0.25, -0.2) is 4.98 Å². The summed E-state index contributed by atoms with van der Waals surface area (Å²) in [5, 5.41) is 10.4. The highest BCUT2D eigenvalue weighted by atomic mass is 32.1. The molecule has 0 radical (unpaired) electrons. The first-order chi connectivity index (χ1) is 8.30. The average molecular weight is 267 g/mol. The maximum absolute atomic E-state index is 11.3. The van der Waals surface area contributed by atoms with Gasteiger partial charge >= 0.3 is 5.97 Å². The minimum absolute atomic E-state index is 0.166. The maximum Gasteiger partial charge on any atom is 0.312 e. The van der Waals surface area contributed by atoms with Crippen LogP contribution in [0.4, 0.5) is 0 Å². The number of carbonyl (C=O) groups is 1. The van der Waals surface area contributed by atoms with Crippen LogP contribution in [0.3, 0.4) is 0 Å². The molecule has 1 N–H and O–H groups in total. The third-order valence-electron chi connectivity index (χ3n) is 3.94. The largest absolute Gasteiger partial charge is 0.481 e. The third-order valence-corrected chi connectivity index (χ3v) is 5.25. The van der Waals surface area contributed by atoms with Gasteiger partial charge < -0.3 is 5.11 Å². The average Bonchev–Trinajstić information content (AvgIpc) is 2.69. The van der Waals surface area contributed by atoms with Crippen molar-refractivity contribution < 1.29 is 9.90 Å². The Morgan fingerprint density at radius 2 is 2.17 bits per heavy atom. The van der Waals surface area contributed by atoms with Gasteiger partial charge in [0.15, 0.2) is 0 Å². The zero-order chi connectivity index (χ0) is 13.5. The molecule has 3 nitrogen and oxygen atoms in total. The van der Waals surface area contributed by atoms with Crippen LogP contribution < -0.4 is 0 Å². The molecule has 0 aromatic carbocycles. The zero-order valence-corrected chi connectivity index (χ0v) is 12.3. The molecule has 1 aliphatic rings. The van der Waals surface area contributed by atoms with E-state index in [0.717, 1.165) is 30.0 Å². The summed E-state index contributed by atoms with van der Waals surface area (Å²) in [7, 11) is 0. The normalized spacial score (nSPS) is 21.4. The molecule has 18 heavy (non-hydrogen) atoms. The molecule has 2 rings (SSSR count). The van der Waals surface area contributed by atoms with E-state index < -0.39 is 5.97 Å². The molecule has 2 unspecified atom stereocenters. The molecule has 0 aliphatic heterocycles. The summed E-state index contributed by atoms with van der Waals surface area (Å²) >= 11 is 1.72. The Morgan fingerprint density at radius 3 is 2.72 bits per heavy atom. The molecule has 1 aliphatic carbocycles. The highest BCUT2D eigenvalue weighted by Gasteiger charge is 2.32. The Labute approximate surface area is 112 Å². The summed E-state index contributed by atoms with van der Waals surface area (Å²) in [5.41, 5.74) is 1.00. The highest BCUT2D eigenvalue weighted by molar-refractivity contribution is 7.11. The fourth-order valence-electron chi connectivity index (χ4n) is 2.23. The lowest BCUT2D eigenvalue weighted by Gasteiger charge is -2.25. The topological polar surface area (TPSA) is 50.2 Å². The van der Waals surface area contributed by atoms with Crippen molar-refractivity contribution in [3.63, 3.8) is 0 Å². The van der Waals surface area contributed by atoms with E-state index in [-0.39, 0.29) is 11.3 Å². The number of nitrogens with zero attached hydrogens (tertiary/aromatic N) is 1. The van der Waals surface area contributed by atoms with E-state index in [0.29, 0.717) is 5.92 Å². The lowest BCUT2D eigenvalue weighted by molar-refractivity contribution is -0.139. The van der Waals surface area contributed by atoms with Crippen LogP contribution in [0.5, 0.6) is 0 Å². The first kappa shape index (κ1) is 13.5. The van der Waals surface area contributed by atoms with Gasteiger partial charge in [0.25, 0.3) is 0 Å². The number of hydrogen-bond acceptors (Lipinski definition) is 3. The standard InChI is InChI=1S/C14H21NO2S/c1-8(14(2,3)4)12-15-11-9(13(16)17)6-5-7-10(11)18-12/h8-9H,5-7H2,1-4H3,(H,16,17). The van der Waals surface area contributed by atoms with E-state index in [2.05, 4.69) is 32.7 Å². The van der Waals surface area contributed by atoms with Crippen LogP contribution >= 0.6 is 11.3 Å². The third kappa shape index (κ3) is 2.44. The van der Waals surface area contributed by atoms with Gasteiger partial charge in [0.1, 0.15) is 0 Å². The summed E-state index contributed by atoms with van der Waals surface area (Å²) in [4.78, 5) is 17.1. The molecule has 1 aromatic rings. The second kappa shape index (κ2) is 4.65. The SMILES string of the molecule is CC(c1nc2c(s1)CCCC2C(=O)O)C(C)(C)C. The number of hydrogen-bond donors (Lipinski definition) is 1. The number of carboxylic acid groups (broad SMARTS) is 1. The lowest BCUT2D eigenvalue weighted by Crippen LogP contribution is -2.18. The van der Waals surface area contributed by atoms with Crippen LogP contribution in [0.25, 0.3) is 0 Å². The van der Waals surface area contributed by atoms with Crippen LogP contribution in [0, 0.1) is 5.41 Å². The maximum atomic E-state index is 11.3. The van der Waals surface area contributed by atoms with Crippen molar-refractivity contribution in [2.45, 2.75) is 58.8 Å². The zero-order valence-electron chi connectivity index (χ0n) is 11.5. The van der Waals surface area contributed by atoms with Crippen molar-refractivity contribution in [1.82, 2.24) is 4.98 Å². The summed E-state index contributed by atoms with van der Waals surface area (Å²) in [6.45, 7) is 8.78. The molecule has 4 heteroatoms. The van der Waals surface area contributed by atoms with Gasteiger partial charge in [-0.15, -0.1) is 11.3 Å². The Balaban J connectivity index is 2.36. The van der Waals surface area contributed by atoms with E-state index >= 15 is 0 Å². The first-order valence-electron chi connectivity index (χ1n) is 6.53. The van der Waals surface area contributed by atoms with E-state index in [1.54, 1.807) is 11.3 Å². The predicted molar refractivity (Wildman–Crippen MR) is 73.3 cm³/mol. The molecule has 0 amide bonds. The molecule has 0 bridgehead atoms. The number of aryl methyl sites for hydroxylation is 1. The molecule has 0 spiro atoms. The molecule has 0 fully saturated rings. The van der Waals surface area contributed by atoms with Crippen LogP contribution in [0.15, 0.2) is 0 Å². The molecular weight excluding hydrogens is 246 g/mol. The second-order valence-electron chi connectivity index (χ2n) is 6.23. The fourth-order valence-corrected chi connectivity index (χ4v) is 3.70. The van der Waals surface area contributed by atoms with Crippen molar-refractivity contribution in [3.8, 4) is 0 Å². The number of aliphatic carboxylic acids is 1. The molecule has 2 atom stereocenters. The fraction of sp³-hybridized carbons (Fsp3) is 0.714. The predicted octanol–water partition coefficient (Wildman–Crippen LogP) is 3.80. The van der Waals surface area contributed by atoms with Gasteiger partial charge in [-0.2, -0.15) is 0 Å². The Bertz CT molecular complexity index is 459. The summed E-state index contributed by atoms with van der Waals surface area (Å²) < 4.78 is 0. The van der Waals surface area contributed by atoms with Gasteiger partial charge in [0.2, 0.25) is 0 Å². The van der Waals surface area contributed by atoms with Crippen LogP contribution in [-0.2, 0) is 11.2 Å². The molecular formula is C14H21NO2S. The van der Waals surface area contributed by atoms with Crippen molar-refractivity contribution in [1.29, 1.82) is 0 Å². The van der Waals surface area contributed by atoms with Gasteiger partial charge in [-0.1, -0.05) is 27.7 Å². The number of carboxylic acids is 1. The number of fused-ring (bicyclic) bond motifs is 1. The summed E-state index contributed by atoms with van der Waals surface area (Å²) in [6, 6.07) is 0. The van der Waals surface area contributed by atoms with Gasteiger partial charge in [-0.3, -0.25) is 4.79 Å². The number of aromatic nitrogens is 1. The van der Waals surface area contributed by atoms with E-state index in [9.17, 15) is 9.90 Å². The van der Waals surface area contributed by atoms with Gasteiger partial charge in [0.05, 0.1) is 16.6 Å². The Kier molecular flexibility index (Phi) is 3.49.